The molecule has 0 fully saturated rings. The molecule has 0 radical (unpaired) electrons. The molecule has 0 spiro atoms. The predicted molar refractivity (Wildman–Crippen MR) is 73.7 cm³/mol. The van der Waals surface area contributed by atoms with Crippen molar-refractivity contribution in [2.75, 3.05) is 13.7 Å². The van der Waals surface area contributed by atoms with E-state index in [1.165, 1.54) is 19.2 Å². The van der Waals surface area contributed by atoms with Crippen molar-refractivity contribution >= 4 is 22.4 Å². The highest BCUT2D eigenvalue weighted by atomic mass is 35.5. The third kappa shape index (κ3) is 4.61. The maximum Gasteiger partial charge on any atom is 0.241 e. The number of methoxy groups -OCH3 is 1. The van der Waals surface area contributed by atoms with E-state index < -0.39 is 21.4 Å². The molecule has 0 heterocycles. The highest BCUT2D eigenvalue weighted by Crippen LogP contribution is 2.21. The first-order valence-electron chi connectivity index (χ1n) is 5.29. The van der Waals surface area contributed by atoms with Gasteiger partial charge in [-0.05, 0) is 32.0 Å². The van der Waals surface area contributed by atoms with Gasteiger partial charge in [0.2, 0.25) is 10.0 Å². The number of hydrogen-bond acceptors (Lipinski definition) is 4. The van der Waals surface area contributed by atoms with Crippen molar-refractivity contribution in [3.05, 3.63) is 24.0 Å². The van der Waals surface area contributed by atoms with Gasteiger partial charge < -0.3 is 10.5 Å². The fourth-order valence-corrected chi connectivity index (χ4v) is 2.71. The van der Waals surface area contributed by atoms with Crippen LogP contribution in [0.5, 0.6) is 5.75 Å². The van der Waals surface area contributed by atoms with E-state index >= 15 is 0 Å². The molecule has 0 atom stereocenters. The summed E-state index contributed by atoms with van der Waals surface area (Å²) in [6.45, 7) is 3.42. The average Bonchev–Trinajstić information content (AvgIpc) is 2.27. The summed E-state index contributed by atoms with van der Waals surface area (Å²) < 4.78 is 44.5. The van der Waals surface area contributed by atoms with Crippen LogP contribution in [0.3, 0.4) is 0 Å². The summed E-state index contributed by atoms with van der Waals surface area (Å²) in [6, 6.07) is 3.45. The summed E-state index contributed by atoms with van der Waals surface area (Å²) in [5.41, 5.74) is 4.65. The molecular formula is C11H18ClFN2O3S. The van der Waals surface area contributed by atoms with Crippen LogP contribution in [-0.2, 0) is 10.0 Å². The Morgan fingerprint density at radius 2 is 2.00 bits per heavy atom. The molecule has 0 aliphatic rings. The summed E-state index contributed by atoms with van der Waals surface area (Å²) in [5, 5.41) is 0. The molecule has 0 bridgehead atoms. The number of rotatable bonds is 5. The highest BCUT2D eigenvalue weighted by Gasteiger charge is 2.25. The second-order valence-electron chi connectivity index (χ2n) is 4.49. The van der Waals surface area contributed by atoms with Crippen LogP contribution in [0.15, 0.2) is 23.1 Å². The van der Waals surface area contributed by atoms with Gasteiger partial charge in [-0.1, -0.05) is 0 Å². The van der Waals surface area contributed by atoms with Gasteiger partial charge in [-0.2, -0.15) is 0 Å². The first-order chi connectivity index (χ1) is 8.22. The Morgan fingerprint density at radius 1 is 1.42 bits per heavy atom. The van der Waals surface area contributed by atoms with Crippen LogP contribution < -0.4 is 15.2 Å². The number of ether oxygens (including phenoxy) is 1. The topological polar surface area (TPSA) is 81.4 Å². The predicted octanol–water partition coefficient (Wildman–Crippen LogP) is 1.27. The lowest BCUT2D eigenvalue weighted by atomic mass is 10.1. The van der Waals surface area contributed by atoms with Crippen LogP contribution in [0.2, 0.25) is 0 Å². The van der Waals surface area contributed by atoms with Crippen LogP contribution in [0, 0.1) is 5.82 Å². The molecule has 1 rings (SSSR count). The van der Waals surface area contributed by atoms with Crippen molar-refractivity contribution in [3.63, 3.8) is 0 Å². The Labute approximate surface area is 118 Å². The van der Waals surface area contributed by atoms with Crippen LogP contribution >= 0.6 is 12.4 Å². The van der Waals surface area contributed by atoms with E-state index in [1.807, 2.05) is 0 Å². The minimum Gasteiger partial charge on any atom is -0.494 e. The monoisotopic (exact) mass is 312 g/mol. The fourth-order valence-electron chi connectivity index (χ4n) is 1.28. The molecule has 3 N–H and O–H groups in total. The Hall–Kier alpha value is -0.890. The first kappa shape index (κ1) is 18.1. The third-order valence-electron chi connectivity index (χ3n) is 2.35. The zero-order valence-corrected chi connectivity index (χ0v) is 12.6. The average molecular weight is 313 g/mol. The van der Waals surface area contributed by atoms with E-state index in [0.29, 0.717) is 0 Å². The molecule has 19 heavy (non-hydrogen) atoms. The van der Waals surface area contributed by atoms with Crippen molar-refractivity contribution in [1.82, 2.24) is 4.72 Å². The normalized spacial score (nSPS) is 11.8. The molecule has 0 aromatic heterocycles. The van der Waals surface area contributed by atoms with Crippen molar-refractivity contribution in [1.29, 1.82) is 0 Å². The van der Waals surface area contributed by atoms with E-state index in [2.05, 4.69) is 4.72 Å². The second kappa shape index (κ2) is 6.51. The van der Waals surface area contributed by atoms with Crippen LogP contribution in [0.1, 0.15) is 13.8 Å². The maximum absolute atomic E-state index is 13.5. The van der Waals surface area contributed by atoms with Crippen LogP contribution in [0.25, 0.3) is 0 Å². The number of nitrogens with one attached hydrogen (secondary N) is 1. The van der Waals surface area contributed by atoms with Gasteiger partial charge >= 0.3 is 0 Å². The van der Waals surface area contributed by atoms with E-state index in [1.54, 1.807) is 13.8 Å². The zero-order valence-electron chi connectivity index (χ0n) is 10.9. The smallest absolute Gasteiger partial charge is 0.241 e. The van der Waals surface area contributed by atoms with Gasteiger partial charge in [-0.3, -0.25) is 0 Å². The van der Waals surface area contributed by atoms with E-state index in [-0.39, 0.29) is 29.6 Å². The fraction of sp³-hybridized carbons (Fsp3) is 0.455. The largest absolute Gasteiger partial charge is 0.494 e. The SMILES string of the molecule is COc1ccc(S(=O)(=O)NC(C)(C)CN)cc1F.Cl. The Bertz CT molecular complexity index is 535. The number of hydrogen-bond donors (Lipinski definition) is 2. The first-order valence-corrected chi connectivity index (χ1v) is 6.78. The lowest BCUT2D eigenvalue weighted by Gasteiger charge is -2.23. The van der Waals surface area contributed by atoms with E-state index in [0.717, 1.165) is 6.07 Å². The lowest BCUT2D eigenvalue weighted by Crippen LogP contribution is -2.48. The molecule has 0 aliphatic heterocycles. The Kier molecular flexibility index (Phi) is 6.21. The highest BCUT2D eigenvalue weighted by molar-refractivity contribution is 7.89. The minimum atomic E-state index is -3.80. The molecule has 0 saturated carbocycles. The van der Waals surface area contributed by atoms with Gasteiger partial charge in [0.25, 0.3) is 0 Å². The quantitative estimate of drug-likeness (QED) is 0.858. The number of sulfonamides is 1. The van der Waals surface area contributed by atoms with Gasteiger partial charge in [0.05, 0.1) is 12.0 Å². The van der Waals surface area contributed by atoms with E-state index in [4.69, 9.17) is 10.5 Å². The van der Waals surface area contributed by atoms with Gasteiger partial charge in [-0.25, -0.2) is 17.5 Å². The minimum absolute atomic E-state index is 0. The molecule has 1 aromatic carbocycles. The molecule has 1 aromatic rings. The van der Waals surface area contributed by atoms with Crippen LogP contribution in [0.4, 0.5) is 4.39 Å². The van der Waals surface area contributed by atoms with Gasteiger partial charge in [0.15, 0.2) is 11.6 Å². The van der Waals surface area contributed by atoms with Crippen LogP contribution in [-0.4, -0.2) is 27.6 Å². The van der Waals surface area contributed by atoms with Crippen molar-refractivity contribution in [2.24, 2.45) is 5.73 Å². The van der Waals surface area contributed by atoms with Crippen molar-refractivity contribution in [2.45, 2.75) is 24.3 Å². The summed E-state index contributed by atoms with van der Waals surface area (Å²) in [5.74, 6) is -0.738. The second-order valence-corrected chi connectivity index (χ2v) is 6.17. The molecule has 5 nitrogen and oxygen atoms in total. The summed E-state index contributed by atoms with van der Waals surface area (Å²) in [6.07, 6.45) is 0. The standard InChI is InChI=1S/C11H17FN2O3S.ClH/c1-11(2,7-13)14-18(15,16)8-4-5-10(17-3)9(12)6-8;/h4-6,14H,7,13H2,1-3H3;1H. The molecule has 8 heteroatoms. The van der Waals surface area contributed by atoms with Crippen molar-refractivity contribution in [3.8, 4) is 5.75 Å². The lowest BCUT2D eigenvalue weighted by molar-refractivity contribution is 0.385. The summed E-state index contributed by atoms with van der Waals surface area (Å²) in [4.78, 5) is -0.165. The molecular weight excluding hydrogens is 295 g/mol. The third-order valence-corrected chi connectivity index (χ3v) is 4.05. The number of nitrogens with two attached hydrogens (primary N) is 1. The van der Waals surface area contributed by atoms with Crippen molar-refractivity contribution < 1.29 is 17.5 Å². The molecule has 0 aliphatic carbocycles. The summed E-state index contributed by atoms with van der Waals surface area (Å²) in [7, 11) is -2.50. The molecule has 110 valence electrons. The number of halogens is 2. The molecule has 0 saturated heterocycles. The maximum atomic E-state index is 13.5. The zero-order chi connectivity index (χ0) is 14.0. The summed E-state index contributed by atoms with van der Waals surface area (Å²) >= 11 is 0. The Morgan fingerprint density at radius 3 is 2.42 bits per heavy atom. The molecule has 0 unspecified atom stereocenters. The van der Waals surface area contributed by atoms with Gasteiger partial charge in [-0.15, -0.1) is 12.4 Å². The van der Waals surface area contributed by atoms with Gasteiger partial charge in [0, 0.05) is 12.1 Å². The van der Waals surface area contributed by atoms with Gasteiger partial charge in [0.1, 0.15) is 0 Å². The van der Waals surface area contributed by atoms with E-state index in [9.17, 15) is 12.8 Å². The number of benzene rings is 1. The Balaban J connectivity index is 0.00000324. The molecule has 0 amide bonds.